The maximum Gasteiger partial charge on any atom is 0.219 e. The Bertz CT molecular complexity index is 527. The Hall–Kier alpha value is -0.620. The number of likely N-dealkylation sites (tertiary alicyclic amines) is 1. The van der Waals surface area contributed by atoms with Gasteiger partial charge >= 0.3 is 0 Å². The Kier molecular flexibility index (Phi) is 5.07. The molecule has 2 fully saturated rings. The van der Waals surface area contributed by atoms with Crippen LogP contribution in [0.5, 0.6) is 0 Å². The molecule has 6 heteroatoms. The third kappa shape index (κ3) is 3.65. The van der Waals surface area contributed by atoms with Crippen LogP contribution in [-0.2, 0) is 11.3 Å². The van der Waals surface area contributed by atoms with Crippen molar-refractivity contribution in [2.45, 2.75) is 26.4 Å². The summed E-state index contributed by atoms with van der Waals surface area (Å²) >= 11 is 7.71. The van der Waals surface area contributed by atoms with Gasteiger partial charge in [0, 0.05) is 63.7 Å². The van der Waals surface area contributed by atoms with Crippen LogP contribution in [0.1, 0.15) is 18.7 Å². The minimum atomic E-state index is 0.204. The molecule has 3 rings (SSSR count). The van der Waals surface area contributed by atoms with Crippen molar-refractivity contribution in [3.63, 3.8) is 0 Å². The number of carbonyl (C=O) groups is 1. The summed E-state index contributed by atoms with van der Waals surface area (Å²) in [7, 11) is 0. The molecular formula is C16H24ClN3OS. The molecule has 0 bridgehead atoms. The number of carbonyl (C=O) groups excluding carboxylic acids is 1. The lowest BCUT2D eigenvalue weighted by atomic mass is 10.0. The van der Waals surface area contributed by atoms with Crippen molar-refractivity contribution in [3.05, 3.63) is 21.3 Å². The summed E-state index contributed by atoms with van der Waals surface area (Å²) in [6.07, 6.45) is 0. The first-order chi connectivity index (χ1) is 10.5. The van der Waals surface area contributed by atoms with Crippen molar-refractivity contribution in [1.29, 1.82) is 0 Å². The second-order valence-electron chi connectivity index (χ2n) is 6.49. The molecule has 1 aromatic rings. The van der Waals surface area contributed by atoms with Crippen LogP contribution in [0.25, 0.3) is 0 Å². The van der Waals surface area contributed by atoms with E-state index in [1.807, 2.05) is 11.0 Å². The van der Waals surface area contributed by atoms with Gasteiger partial charge in [0.15, 0.2) is 0 Å². The lowest BCUT2D eigenvalue weighted by molar-refractivity contribution is -0.130. The summed E-state index contributed by atoms with van der Waals surface area (Å²) in [5.74, 6) is 0.884. The maximum atomic E-state index is 11.4. The number of nitrogens with zero attached hydrogens (tertiary/aromatic N) is 3. The van der Waals surface area contributed by atoms with Crippen molar-refractivity contribution in [2.75, 3.05) is 39.3 Å². The predicted molar refractivity (Wildman–Crippen MR) is 91.4 cm³/mol. The highest BCUT2D eigenvalue weighted by Crippen LogP contribution is 2.27. The standard InChI is InChI=1S/C16H24ClN3OS/c1-12-9-18(10-14-3-4-16(17)22-14)11-15(12)20-7-5-19(6-8-20)13(2)21/h3-4,12,15H,5-11H2,1-2H3/t12-,15-/m1/s1. The molecule has 2 aliphatic heterocycles. The van der Waals surface area contributed by atoms with E-state index in [1.165, 1.54) is 4.88 Å². The van der Waals surface area contributed by atoms with Crippen LogP contribution in [0.4, 0.5) is 0 Å². The van der Waals surface area contributed by atoms with Crippen LogP contribution in [0.2, 0.25) is 4.34 Å². The summed E-state index contributed by atoms with van der Waals surface area (Å²) < 4.78 is 0.874. The van der Waals surface area contributed by atoms with E-state index in [0.29, 0.717) is 12.0 Å². The summed E-state index contributed by atoms with van der Waals surface area (Å²) in [5.41, 5.74) is 0. The molecule has 122 valence electrons. The third-order valence-electron chi connectivity index (χ3n) is 4.89. The molecule has 22 heavy (non-hydrogen) atoms. The summed E-state index contributed by atoms with van der Waals surface area (Å²) in [4.78, 5) is 19.9. The zero-order valence-electron chi connectivity index (χ0n) is 13.3. The van der Waals surface area contributed by atoms with E-state index in [-0.39, 0.29) is 5.91 Å². The van der Waals surface area contributed by atoms with Crippen LogP contribution >= 0.6 is 22.9 Å². The van der Waals surface area contributed by atoms with Crippen molar-refractivity contribution >= 4 is 28.8 Å². The number of hydrogen-bond acceptors (Lipinski definition) is 4. The summed E-state index contributed by atoms with van der Waals surface area (Å²) in [6.45, 7) is 11.1. The molecule has 2 aliphatic rings. The lowest BCUT2D eigenvalue weighted by Gasteiger charge is -2.39. The van der Waals surface area contributed by atoms with Gasteiger partial charge in [-0.2, -0.15) is 0 Å². The second kappa shape index (κ2) is 6.87. The van der Waals surface area contributed by atoms with Crippen molar-refractivity contribution < 1.29 is 4.79 Å². The summed E-state index contributed by atoms with van der Waals surface area (Å²) in [6, 6.07) is 4.74. The van der Waals surface area contributed by atoms with Crippen LogP contribution in [0, 0.1) is 5.92 Å². The molecule has 2 saturated heterocycles. The van der Waals surface area contributed by atoms with Gasteiger partial charge < -0.3 is 4.90 Å². The van der Waals surface area contributed by atoms with E-state index in [1.54, 1.807) is 18.3 Å². The molecule has 0 N–H and O–H groups in total. The largest absolute Gasteiger partial charge is 0.340 e. The Morgan fingerprint density at radius 2 is 2.00 bits per heavy atom. The minimum absolute atomic E-state index is 0.204. The predicted octanol–water partition coefficient (Wildman–Crippen LogP) is 2.39. The molecule has 4 nitrogen and oxygen atoms in total. The van der Waals surface area contributed by atoms with Gasteiger partial charge in [0.05, 0.1) is 4.34 Å². The molecule has 1 amide bonds. The third-order valence-corrected chi connectivity index (χ3v) is 6.10. The zero-order valence-corrected chi connectivity index (χ0v) is 14.9. The molecule has 0 aromatic carbocycles. The van der Waals surface area contributed by atoms with Crippen LogP contribution < -0.4 is 0 Å². The number of amides is 1. The first-order valence-corrected chi connectivity index (χ1v) is 9.18. The molecule has 2 atom stereocenters. The Morgan fingerprint density at radius 3 is 2.59 bits per heavy atom. The van der Waals surface area contributed by atoms with Crippen molar-refractivity contribution in [2.24, 2.45) is 5.92 Å². The van der Waals surface area contributed by atoms with Gasteiger partial charge in [0.25, 0.3) is 0 Å². The minimum Gasteiger partial charge on any atom is -0.340 e. The highest BCUT2D eigenvalue weighted by Gasteiger charge is 2.35. The van der Waals surface area contributed by atoms with Gasteiger partial charge in [-0.3, -0.25) is 14.6 Å². The van der Waals surface area contributed by atoms with Crippen molar-refractivity contribution in [1.82, 2.24) is 14.7 Å². The molecule has 0 aliphatic carbocycles. The number of piperazine rings is 1. The number of thiophene rings is 1. The monoisotopic (exact) mass is 341 g/mol. The van der Waals surface area contributed by atoms with Gasteiger partial charge in [-0.15, -0.1) is 11.3 Å². The summed E-state index contributed by atoms with van der Waals surface area (Å²) in [5, 5.41) is 0. The Labute approximate surface area is 141 Å². The van der Waals surface area contributed by atoms with E-state index in [0.717, 1.165) is 50.1 Å². The molecule has 0 radical (unpaired) electrons. The topological polar surface area (TPSA) is 26.8 Å². The average Bonchev–Trinajstić information content (AvgIpc) is 3.05. The Morgan fingerprint density at radius 1 is 1.27 bits per heavy atom. The Balaban J connectivity index is 1.54. The molecule has 1 aromatic heterocycles. The fourth-order valence-electron chi connectivity index (χ4n) is 3.68. The van der Waals surface area contributed by atoms with Gasteiger partial charge in [-0.05, 0) is 18.1 Å². The average molecular weight is 342 g/mol. The first kappa shape index (κ1) is 16.2. The van der Waals surface area contributed by atoms with Gasteiger partial charge in [-0.1, -0.05) is 18.5 Å². The molecule has 0 unspecified atom stereocenters. The van der Waals surface area contributed by atoms with Gasteiger partial charge in [0.1, 0.15) is 0 Å². The van der Waals surface area contributed by atoms with Gasteiger partial charge in [-0.25, -0.2) is 0 Å². The number of hydrogen-bond donors (Lipinski definition) is 0. The highest BCUT2D eigenvalue weighted by molar-refractivity contribution is 7.16. The van der Waals surface area contributed by atoms with Crippen LogP contribution in [0.3, 0.4) is 0 Å². The smallest absolute Gasteiger partial charge is 0.219 e. The van der Waals surface area contributed by atoms with E-state index >= 15 is 0 Å². The quantitative estimate of drug-likeness (QED) is 0.844. The molecule has 0 saturated carbocycles. The lowest BCUT2D eigenvalue weighted by Crippen LogP contribution is -2.53. The normalized spacial score (nSPS) is 27.5. The molecule has 0 spiro atoms. The van der Waals surface area contributed by atoms with E-state index in [4.69, 9.17) is 11.6 Å². The van der Waals surface area contributed by atoms with E-state index in [9.17, 15) is 4.79 Å². The highest BCUT2D eigenvalue weighted by atomic mass is 35.5. The fraction of sp³-hybridized carbons (Fsp3) is 0.688. The maximum absolute atomic E-state index is 11.4. The SMILES string of the molecule is CC(=O)N1CCN([C@@H]2CN(Cc3ccc(Cl)s3)C[C@H]2C)CC1. The van der Waals surface area contributed by atoms with Crippen LogP contribution in [-0.4, -0.2) is 65.9 Å². The fourth-order valence-corrected chi connectivity index (χ4v) is 4.81. The number of halogens is 1. The van der Waals surface area contributed by atoms with Gasteiger partial charge in [0.2, 0.25) is 5.91 Å². The first-order valence-electron chi connectivity index (χ1n) is 7.99. The van der Waals surface area contributed by atoms with E-state index < -0.39 is 0 Å². The zero-order chi connectivity index (χ0) is 15.7. The number of rotatable bonds is 3. The molecule has 3 heterocycles. The van der Waals surface area contributed by atoms with E-state index in [2.05, 4.69) is 22.8 Å². The second-order valence-corrected chi connectivity index (χ2v) is 8.29. The van der Waals surface area contributed by atoms with Crippen LogP contribution in [0.15, 0.2) is 12.1 Å². The van der Waals surface area contributed by atoms with Crippen molar-refractivity contribution in [3.8, 4) is 0 Å². The molecular weight excluding hydrogens is 318 g/mol.